The van der Waals surface area contributed by atoms with E-state index in [0.29, 0.717) is 6.04 Å². The molecule has 2 rings (SSSR count). The van der Waals surface area contributed by atoms with Crippen LogP contribution in [-0.2, 0) is 6.42 Å². The molecule has 84 valence electrons. The van der Waals surface area contributed by atoms with Crippen molar-refractivity contribution in [3.63, 3.8) is 0 Å². The largest absolute Gasteiger partial charge is 0.444 e. The van der Waals surface area contributed by atoms with Crippen LogP contribution >= 0.6 is 0 Å². The molecule has 16 heavy (non-hydrogen) atoms. The average Bonchev–Trinajstić information content (AvgIpc) is 2.83. The lowest BCUT2D eigenvalue weighted by Gasteiger charge is -2.09. The third kappa shape index (κ3) is 2.49. The molecule has 0 spiro atoms. The Kier molecular flexibility index (Phi) is 3.37. The minimum Gasteiger partial charge on any atom is -0.444 e. The van der Waals surface area contributed by atoms with Gasteiger partial charge in [0.2, 0.25) is 0 Å². The van der Waals surface area contributed by atoms with Gasteiger partial charge in [-0.3, -0.25) is 0 Å². The second-order valence-electron chi connectivity index (χ2n) is 3.96. The summed E-state index contributed by atoms with van der Waals surface area (Å²) >= 11 is 0. The minimum atomic E-state index is 0.496. The third-order valence-electron chi connectivity index (χ3n) is 2.71. The van der Waals surface area contributed by atoms with Gasteiger partial charge in [0.05, 0.1) is 6.20 Å². The van der Waals surface area contributed by atoms with Crippen LogP contribution < -0.4 is 5.32 Å². The van der Waals surface area contributed by atoms with E-state index in [4.69, 9.17) is 4.42 Å². The van der Waals surface area contributed by atoms with E-state index in [9.17, 15) is 0 Å². The smallest absolute Gasteiger partial charge is 0.181 e. The first kappa shape index (κ1) is 10.9. The number of hydrogen-bond donors (Lipinski definition) is 1. The monoisotopic (exact) mass is 216 g/mol. The molecule has 1 aromatic heterocycles. The quantitative estimate of drug-likeness (QED) is 0.853. The van der Waals surface area contributed by atoms with Crippen LogP contribution in [0.3, 0.4) is 0 Å². The summed E-state index contributed by atoms with van der Waals surface area (Å²) in [4.78, 5) is 3.91. The van der Waals surface area contributed by atoms with Crippen LogP contribution in [0.2, 0.25) is 0 Å². The lowest BCUT2D eigenvalue weighted by atomic mass is 10.0. The molecular formula is C13H16N2O. The molecule has 0 radical (unpaired) electrons. The first-order valence-electron chi connectivity index (χ1n) is 5.44. The molecule has 2 aromatic rings. The maximum absolute atomic E-state index is 5.24. The first-order valence-corrected chi connectivity index (χ1v) is 5.44. The summed E-state index contributed by atoms with van der Waals surface area (Å²) < 4.78 is 5.24. The molecule has 0 fully saturated rings. The molecule has 1 heterocycles. The van der Waals surface area contributed by atoms with E-state index in [2.05, 4.69) is 41.5 Å². The zero-order chi connectivity index (χ0) is 11.4. The van der Waals surface area contributed by atoms with Crippen molar-refractivity contribution >= 4 is 0 Å². The Morgan fingerprint density at radius 2 is 2.06 bits per heavy atom. The Morgan fingerprint density at radius 3 is 2.62 bits per heavy atom. The van der Waals surface area contributed by atoms with Crippen LogP contribution in [0.4, 0.5) is 0 Å². The van der Waals surface area contributed by atoms with Crippen molar-refractivity contribution in [2.45, 2.75) is 19.4 Å². The molecular weight excluding hydrogens is 200 g/mol. The normalized spacial score (nSPS) is 12.6. The van der Waals surface area contributed by atoms with Crippen molar-refractivity contribution in [3.8, 4) is 11.3 Å². The van der Waals surface area contributed by atoms with Crippen LogP contribution in [0, 0.1) is 0 Å². The van der Waals surface area contributed by atoms with Gasteiger partial charge >= 0.3 is 0 Å². The maximum atomic E-state index is 5.24. The molecule has 0 aliphatic rings. The summed E-state index contributed by atoms with van der Waals surface area (Å²) in [5.41, 5.74) is 2.39. The Labute approximate surface area is 95.5 Å². The summed E-state index contributed by atoms with van der Waals surface area (Å²) in [6, 6.07) is 8.89. The number of nitrogens with zero attached hydrogens (tertiary/aromatic N) is 1. The second kappa shape index (κ2) is 4.94. The molecule has 0 aliphatic heterocycles. The summed E-state index contributed by atoms with van der Waals surface area (Å²) in [5.74, 6) is 0.813. The van der Waals surface area contributed by atoms with E-state index in [-0.39, 0.29) is 0 Å². The SMILES string of the molecule is CNC(C)Cc1ccc(-c2cnco2)cc1. The molecule has 1 unspecified atom stereocenters. The Balaban J connectivity index is 2.11. The molecule has 1 atom stereocenters. The molecule has 0 aliphatic carbocycles. The van der Waals surface area contributed by atoms with E-state index in [1.807, 2.05) is 7.05 Å². The zero-order valence-corrected chi connectivity index (χ0v) is 9.60. The van der Waals surface area contributed by atoms with Crippen molar-refractivity contribution in [1.82, 2.24) is 10.3 Å². The summed E-state index contributed by atoms with van der Waals surface area (Å²) in [5, 5.41) is 3.23. The predicted octanol–water partition coefficient (Wildman–Crippen LogP) is 2.49. The fourth-order valence-electron chi connectivity index (χ4n) is 1.62. The molecule has 0 amide bonds. The highest BCUT2D eigenvalue weighted by atomic mass is 16.3. The van der Waals surface area contributed by atoms with Crippen molar-refractivity contribution in [2.75, 3.05) is 7.05 Å². The molecule has 3 nitrogen and oxygen atoms in total. The van der Waals surface area contributed by atoms with E-state index in [1.165, 1.54) is 12.0 Å². The lowest BCUT2D eigenvalue weighted by molar-refractivity contribution is 0.572. The number of oxazole rings is 1. The molecule has 1 N–H and O–H groups in total. The number of rotatable bonds is 4. The molecule has 0 saturated heterocycles. The summed E-state index contributed by atoms with van der Waals surface area (Å²) in [6.45, 7) is 2.17. The van der Waals surface area contributed by atoms with Gasteiger partial charge in [0.15, 0.2) is 12.2 Å². The fourth-order valence-corrected chi connectivity index (χ4v) is 1.62. The lowest BCUT2D eigenvalue weighted by Crippen LogP contribution is -2.23. The number of benzene rings is 1. The Morgan fingerprint density at radius 1 is 1.31 bits per heavy atom. The second-order valence-corrected chi connectivity index (χ2v) is 3.96. The first-order chi connectivity index (χ1) is 7.79. The zero-order valence-electron chi connectivity index (χ0n) is 9.60. The van der Waals surface area contributed by atoms with Crippen molar-refractivity contribution in [1.29, 1.82) is 0 Å². The van der Waals surface area contributed by atoms with Gasteiger partial charge in [-0.2, -0.15) is 0 Å². The van der Waals surface area contributed by atoms with Crippen molar-refractivity contribution in [2.24, 2.45) is 0 Å². The minimum absolute atomic E-state index is 0.496. The number of nitrogens with one attached hydrogen (secondary N) is 1. The number of aromatic nitrogens is 1. The highest BCUT2D eigenvalue weighted by Crippen LogP contribution is 2.19. The van der Waals surface area contributed by atoms with E-state index in [1.54, 1.807) is 6.20 Å². The molecule has 0 bridgehead atoms. The van der Waals surface area contributed by atoms with Gasteiger partial charge in [-0.25, -0.2) is 4.98 Å². The van der Waals surface area contributed by atoms with Crippen LogP contribution in [0.15, 0.2) is 41.3 Å². The van der Waals surface area contributed by atoms with Crippen LogP contribution in [0.5, 0.6) is 0 Å². The van der Waals surface area contributed by atoms with Crippen molar-refractivity contribution < 1.29 is 4.42 Å². The Bertz CT molecular complexity index is 420. The molecule has 1 aromatic carbocycles. The van der Waals surface area contributed by atoms with Crippen molar-refractivity contribution in [3.05, 3.63) is 42.4 Å². The predicted molar refractivity (Wildman–Crippen MR) is 64.2 cm³/mol. The van der Waals surface area contributed by atoms with E-state index < -0.39 is 0 Å². The van der Waals surface area contributed by atoms with E-state index >= 15 is 0 Å². The third-order valence-corrected chi connectivity index (χ3v) is 2.71. The van der Waals surface area contributed by atoms with Crippen LogP contribution in [0.25, 0.3) is 11.3 Å². The molecule has 0 saturated carbocycles. The van der Waals surface area contributed by atoms with Crippen LogP contribution in [0.1, 0.15) is 12.5 Å². The van der Waals surface area contributed by atoms with Gasteiger partial charge < -0.3 is 9.73 Å². The van der Waals surface area contributed by atoms with Gasteiger partial charge in [-0.15, -0.1) is 0 Å². The van der Waals surface area contributed by atoms with Gasteiger partial charge in [0, 0.05) is 11.6 Å². The summed E-state index contributed by atoms with van der Waals surface area (Å²) in [6.07, 6.45) is 4.21. The van der Waals surface area contributed by atoms with Gasteiger partial charge in [-0.05, 0) is 26.0 Å². The fraction of sp³-hybridized carbons (Fsp3) is 0.308. The number of hydrogen-bond acceptors (Lipinski definition) is 3. The summed E-state index contributed by atoms with van der Waals surface area (Å²) in [7, 11) is 1.98. The van der Waals surface area contributed by atoms with Gasteiger partial charge in [0.1, 0.15) is 0 Å². The van der Waals surface area contributed by atoms with Crippen LogP contribution in [-0.4, -0.2) is 18.1 Å². The number of likely N-dealkylation sites (N-methyl/N-ethyl adjacent to an activating group) is 1. The van der Waals surface area contributed by atoms with E-state index in [0.717, 1.165) is 17.7 Å². The maximum Gasteiger partial charge on any atom is 0.181 e. The highest BCUT2D eigenvalue weighted by molar-refractivity contribution is 5.56. The standard InChI is InChI=1S/C13H16N2O/c1-10(14-2)7-11-3-5-12(6-4-11)13-8-15-9-16-13/h3-6,8-10,14H,7H2,1-2H3. The Hall–Kier alpha value is -1.61. The van der Waals surface area contributed by atoms with Gasteiger partial charge in [0.25, 0.3) is 0 Å². The highest BCUT2D eigenvalue weighted by Gasteiger charge is 2.03. The molecule has 3 heteroatoms. The average molecular weight is 216 g/mol. The topological polar surface area (TPSA) is 38.1 Å². The van der Waals surface area contributed by atoms with Gasteiger partial charge in [-0.1, -0.05) is 24.3 Å².